The molecule has 0 spiro atoms. The zero-order valence-corrected chi connectivity index (χ0v) is 38.6. The van der Waals surface area contributed by atoms with Crippen LogP contribution in [0.4, 0.5) is 5.69 Å². The largest absolute Gasteiger partial charge is 0.480 e. The average molecular weight is 950 g/mol. The van der Waals surface area contributed by atoms with Crippen LogP contribution in [-0.2, 0) is 59.2 Å². The summed E-state index contributed by atoms with van der Waals surface area (Å²) in [5, 5.41) is 26.6. The van der Waals surface area contributed by atoms with Crippen LogP contribution in [0.5, 0.6) is 0 Å². The fourth-order valence-electron chi connectivity index (χ4n) is 7.02. The minimum absolute atomic E-state index is 0.00247. The molecule has 0 aliphatic heterocycles. The second kappa shape index (κ2) is 25.6. The third-order valence-corrected chi connectivity index (χ3v) is 11.4. The molecule has 5 aromatic carbocycles. The Bertz CT molecular complexity index is 2480. The number of nitrogens with one attached hydrogen (secondary N) is 6. The summed E-state index contributed by atoms with van der Waals surface area (Å²) in [4.78, 5) is 94.4. The molecule has 0 aliphatic carbocycles. The minimum Gasteiger partial charge on any atom is -0.480 e. The fraction of sp³-hybridized carbons (Fsp3) is 0.275. The van der Waals surface area contributed by atoms with Crippen molar-refractivity contribution in [2.75, 3.05) is 5.32 Å². The standard InChI is InChI=1S/C51H54Cl2N6O8/c1-32-18-23-39(24-19-32)55-45(60)26-27-46(61)56-41(25-20-34-12-6-3-7-13-34)48(63)58-43(30-37-21-22-38(52)31-40(37)53)50(65)57-42(28-35-14-8-4-9-15-35)49(64)54-33(2)47(62)59-44(51(66)67)29-36-16-10-5-11-17-36/h3-19,21-24,31,33,41-44H,20,25-30H2,1-2H3,(H,54,64)(H,55,60)(H,56,61)(H,57,65)(H,58,63)(H,59,62)(H,66,67). The number of carboxylic acid groups (broad SMARTS) is 1. The lowest BCUT2D eigenvalue weighted by molar-refractivity contribution is -0.142. The number of anilines is 1. The zero-order valence-electron chi connectivity index (χ0n) is 37.1. The highest BCUT2D eigenvalue weighted by Gasteiger charge is 2.32. The molecule has 5 aromatic rings. The molecule has 0 radical (unpaired) electrons. The van der Waals surface area contributed by atoms with Gasteiger partial charge in [-0.1, -0.05) is 138 Å². The van der Waals surface area contributed by atoms with Gasteiger partial charge in [-0.2, -0.15) is 0 Å². The van der Waals surface area contributed by atoms with Crippen LogP contribution >= 0.6 is 23.2 Å². The summed E-state index contributed by atoms with van der Waals surface area (Å²) in [6.45, 7) is 3.31. The lowest BCUT2D eigenvalue weighted by Crippen LogP contribution is -2.59. The Morgan fingerprint density at radius 1 is 0.522 bits per heavy atom. The van der Waals surface area contributed by atoms with Crippen molar-refractivity contribution in [3.63, 3.8) is 0 Å². The number of halogens is 2. The Morgan fingerprint density at radius 2 is 1.01 bits per heavy atom. The van der Waals surface area contributed by atoms with Gasteiger partial charge in [-0.15, -0.1) is 0 Å². The molecule has 0 aliphatic rings. The van der Waals surface area contributed by atoms with Crippen molar-refractivity contribution >= 4 is 70.3 Å². The molecular formula is C51H54Cl2N6O8. The van der Waals surface area contributed by atoms with E-state index in [0.717, 1.165) is 11.1 Å². The van der Waals surface area contributed by atoms with E-state index in [9.17, 15) is 38.7 Å². The molecule has 16 heteroatoms. The summed E-state index contributed by atoms with van der Waals surface area (Å²) < 4.78 is 0. The van der Waals surface area contributed by atoms with Gasteiger partial charge in [0, 0.05) is 47.8 Å². The van der Waals surface area contributed by atoms with Crippen molar-refractivity contribution in [2.24, 2.45) is 0 Å². The molecule has 0 saturated heterocycles. The van der Waals surface area contributed by atoms with Gasteiger partial charge >= 0.3 is 5.97 Å². The Kier molecular flexibility index (Phi) is 19.5. The van der Waals surface area contributed by atoms with Crippen molar-refractivity contribution in [1.82, 2.24) is 26.6 Å². The Balaban J connectivity index is 1.35. The lowest BCUT2D eigenvalue weighted by Gasteiger charge is -2.27. The molecule has 0 saturated carbocycles. The first-order chi connectivity index (χ1) is 32.1. The van der Waals surface area contributed by atoms with E-state index in [1.165, 1.54) is 13.0 Å². The normalized spacial score (nSPS) is 13.1. The summed E-state index contributed by atoms with van der Waals surface area (Å²) in [5.41, 5.74) is 4.27. The van der Waals surface area contributed by atoms with E-state index in [0.29, 0.717) is 33.8 Å². The van der Waals surface area contributed by atoms with Gasteiger partial charge in [-0.05, 0) is 73.2 Å². The summed E-state index contributed by atoms with van der Waals surface area (Å²) >= 11 is 12.8. The van der Waals surface area contributed by atoms with Crippen molar-refractivity contribution in [1.29, 1.82) is 0 Å². The predicted octanol–water partition coefficient (Wildman–Crippen LogP) is 5.91. The van der Waals surface area contributed by atoms with Gasteiger partial charge in [-0.25, -0.2) is 4.79 Å². The molecule has 7 N–H and O–H groups in total. The van der Waals surface area contributed by atoms with Gasteiger partial charge in [0.15, 0.2) is 0 Å². The zero-order chi connectivity index (χ0) is 48.3. The average Bonchev–Trinajstić information content (AvgIpc) is 3.31. The highest BCUT2D eigenvalue weighted by molar-refractivity contribution is 6.35. The van der Waals surface area contributed by atoms with Crippen molar-refractivity contribution in [3.05, 3.63) is 171 Å². The molecule has 0 bridgehead atoms. The molecular weight excluding hydrogens is 896 g/mol. The lowest BCUT2D eigenvalue weighted by atomic mass is 10.0. The van der Waals surface area contributed by atoms with Gasteiger partial charge in [-0.3, -0.25) is 28.8 Å². The van der Waals surface area contributed by atoms with Gasteiger partial charge in [0.25, 0.3) is 0 Å². The maximum atomic E-state index is 14.5. The predicted molar refractivity (Wildman–Crippen MR) is 257 cm³/mol. The van der Waals surface area contributed by atoms with Crippen molar-refractivity contribution in [2.45, 2.75) is 89.0 Å². The highest BCUT2D eigenvalue weighted by atomic mass is 35.5. The summed E-state index contributed by atoms with van der Waals surface area (Å²) in [6, 6.07) is 32.4. The van der Waals surface area contributed by atoms with E-state index >= 15 is 0 Å². The molecule has 0 heterocycles. The van der Waals surface area contributed by atoms with E-state index in [2.05, 4.69) is 31.9 Å². The van der Waals surface area contributed by atoms with Gasteiger partial charge < -0.3 is 37.0 Å². The molecule has 5 unspecified atom stereocenters. The van der Waals surface area contributed by atoms with Crippen LogP contribution < -0.4 is 31.9 Å². The van der Waals surface area contributed by atoms with Gasteiger partial charge in [0.1, 0.15) is 30.2 Å². The van der Waals surface area contributed by atoms with E-state index in [-0.39, 0.29) is 43.5 Å². The van der Waals surface area contributed by atoms with E-state index in [1.54, 1.807) is 84.9 Å². The second-order valence-electron chi connectivity index (χ2n) is 16.1. The molecule has 14 nitrogen and oxygen atoms in total. The first-order valence-electron chi connectivity index (χ1n) is 21.8. The third-order valence-electron chi connectivity index (χ3n) is 10.8. The number of benzene rings is 5. The molecule has 0 aromatic heterocycles. The number of aryl methyl sites for hydroxylation is 2. The summed E-state index contributed by atoms with van der Waals surface area (Å²) in [7, 11) is 0. The highest BCUT2D eigenvalue weighted by Crippen LogP contribution is 2.23. The number of carbonyl (C=O) groups is 7. The number of carbonyl (C=O) groups excluding carboxylic acids is 6. The smallest absolute Gasteiger partial charge is 0.326 e. The fourth-order valence-corrected chi connectivity index (χ4v) is 7.51. The quantitative estimate of drug-likeness (QED) is 0.0418. The van der Waals surface area contributed by atoms with E-state index < -0.39 is 71.6 Å². The number of rotatable bonds is 23. The molecule has 350 valence electrons. The van der Waals surface area contributed by atoms with Crippen molar-refractivity contribution in [3.8, 4) is 0 Å². The van der Waals surface area contributed by atoms with Crippen LogP contribution in [0.1, 0.15) is 54.0 Å². The van der Waals surface area contributed by atoms with Crippen LogP contribution in [0, 0.1) is 6.92 Å². The summed E-state index contributed by atoms with van der Waals surface area (Å²) in [6.07, 6.45) is -0.0867. The molecule has 5 atom stereocenters. The first-order valence-corrected chi connectivity index (χ1v) is 22.5. The number of hydrogen-bond donors (Lipinski definition) is 7. The molecule has 6 amide bonds. The second-order valence-corrected chi connectivity index (χ2v) is 17.0. The Hall–Kier alpha value is -7.03. The van der Waals surface area contributed by atoms with Gasteiger partial charge in [0.2, 0.25) is 35.4 Å². The van der Waals surface area contributed by atoms with Crippen molar-refractivity contribution < 1.29 is 38.7 Å². The van der Waals surface area contributed by atoms with Crippen LogP contribution in [0.25, 0.3) is 0 Å². The van der Waals surface area contributed by atoms with E-state index in [1.807, 2.05) is 49.4 Å². The third kappa shape index (κ3) is 17.0. The summed E-state index contributed by atoms with van der Waals surface area (Å²) in [5.74, 6) is -5.25. The van der Waals surface area contributed by atoms with Crippen LogP contribution in [0.15, 0.2) is 133 Å². The Morgan fingerprint density at radius 3 is 1.58 bits per heavy atom. The minimum atomic E-state index is -1.37. The maximum absolute atomic E-state index is 14.5. The number of aliphatic carboxylic acids is 1. The number of carboxylic acids is 1. The number of hydrogen-bond acceptors (Lipinski definition) is 7. The SMILES string of the molecule is Cc1ccc(NC(=O)CCC(=O)NC(CCc2ccccc2)C(=O)NC(Cc2ccc(Cl)cc2Cl)C(=O)NC(Cc2ccccc2)C(=O)NC(C)C(=O)NC(Cc2ccccc2)C(=O)O)cc1. The topological polar surface area (TPSA) is 212 Å². The maximum Gasteiger partial charge on any atom is 0.326 e. The first kappa shape index (κ1) is 51.0. The molecule has 67 heavy (non-hydrogen) atoms. The Labute approximate surface area is 399 Å². The van der Waals surface area contributed by atoms with Gasteiger partial charge in [0.05, 0.1) is 0 Å². The molecule has 5 rings (SSSR count). The molecule has 0 fully saturated rings. The monoisotopic (exact) mass is 948 g/mol. The number of amides is 6. The van der Waals surface area contributed by atoms with Crippen LogP contribution in [0.3, 0.4) is 0 Å². The van der Waals surface area contributed by atoms with Crippen LogP contribution in [-0.4, -0.2) is 76.7 Å². The van der Waals surface area contributed by atoms with Crippen LogP contribution in [0.2, 0.25) is 10.0 Å². The van der Waals surface area contributed by atoms with E-state index in [4.69, 9.17) is 23.2 Å².